The number of hydrogen-bond donors (Lipinski definition) is 1. The molecule has 1 amide bonds. The summed E-state index contributed by atoms with van der Waals surface area (Å²) >= 11 is 0. The molecule has 3 aromatic rings. The van der Waals surface area contributed by atoms with Crippen LogP contribution < -0.4 is 9.80 Å². The first-order valence-corrected chi connectivity index (χ1v) is 13.7. The molecule has 0 aromatic heterocycles. The van der Waals surface area contributed by atoms with Crippen LogP contribution in [0.1, 0.15) is 66.1 Å². The molecule has 196 valence electrons. The zero-order valence-electron chi connectivity index (χ0n) is 22.8. The van der Waals surface area contributed by atoms with Crippen LogP contribution in [0.25, 0.3) is 5.76 Å². The number of rotatable bonds is 6. The number of Topliss-reactive ketones (excluding diaryl/α,β-unsaturated/α-hetero) is 1. The average molecular weight is 509 g/mol. The number of amides is 1. The van der Waals surface area contributed by atoms with Crippen LogP contribution in [0.15, 0.2) is 66.2 Å². The summed E-state index contributed by atoms with van der Waals surface area (Å²) in [6, 6.07) is 19.1. The van der Waals surface area contributed by atoms with Crippen molar-refractivity contribution in [3.63, 3.8) is 0 Å². The number of aliphatic hydroxyl groups is 1. The number of aryl methyl sites for hydroxylation is 4. The number of anilines is 2. The van der Waals surface area contributed by atoms with Gasteiger partial charge < -0.3 is 10.0 Å². The van der Waals surface area contributed by atoms with Gasteiger partial charge in [0, 0.05) is 30.0 Å². The lowest BCUT2D eigenvalue weighted by atomic mass is 9.88. The van der Waals surface area contributed by atoms with Gasteiger partial charge in [0.2, 0.25) is 0 Å². The Kier molecular flexibility index (Phi) is 7.11. The molecule has 1 saturated heterocycles. The molecule has 1 aliphatic heterocycles. The molecule has 0 spiro atoms. The van der Waals surface area contributed by atoms with Crippen molar-refractivity contribution >= 4 is 28.8 Å². The summed E-state index contributed by atoms with van der Waals surface area (Å²) in [7, 11) is 0. The minimum absolute atomic E-state index is 0.110. The molecule has 0 bridgehead atoms. The minimum atomic E-state index is -0.724. The molecule has 1 N–H and O–H groups in total. The second kappa shape index (κ2) is 10.5. The number of carbonyl (C=O) groups is 2. The van der Waals surface area contributed by atoms with E-state index in [9.17, 15) is 14.7 Å². The molecule has 5 heteroatoms. The summed E-state index contributed by atoms with van der Waals surface area (Å²) in [5.41, 5.74) is 7.78. The van der Waals surface area contributed by atoms with E-state index < -0.39 is 17.7 Å². The number of hydrogen-bond acceptors (Lipinski definition) is 4. The number of aliphatic hydroxyl groups excluding tert-OH is 1. The molecule has 1 fully saturated rings. The van der Waals surface area contributed by atoms with Crippen LogP contribution in [-0.4, -0.2) is 29.9 Å². The van der Waals surface area contributed by atoms with Gasteiger partial charge in [-0.2, -0.15) is 0 Å². The fourth-order valence-electron chi connectivity index (χ4n) is 6.00. The fraction of sp³-hybridized carbons (Fsp3) is 0.333. The number of carbonyl (C=O) groups excluding carboxylic acids is 2. The summed E-state index contributed by atoms with van der Waals surface area (Å²) in [5, 5.41) is 11.6. The maximum absolute atomic E-state index is 13.6. The highest BCUT2D eigenvalue weighted by atomic mass is 16.3. The SMILES string of the molecule is CCN(CC)c1ccc(C2/C(=C(/O)c3ccc4c(c3)CCCC4)C(=O)C(=O)N2c2cc(C)cc(C)c2)cc1. The van der Waals surface area contributed by atoms with E-state index in [1.807, 2.05) is 68.4 Å². The van der Waals surface area contributed by atoms with E-state index in [4.69, 9.17) is 0 Å². The lowest BCUT2D eigenvalue weighted by Crippen LogP contribution is -2.29. The monoisotopic (exact) mass is 508 g/mol. The van der Waals surface area contributed by atoms with Gasteiger partial charge in [0.1, 0.15) is 5.76 Å². The number of fused-ring (bicyclic) bond motifs is 1. The second-order valence-electron chi connectivity index (χ2n) is 10.5. The summed E-state index contributed by atoms with van der Waals surface area (Å²) < 4.78 is 0. The molecule has 3 aromatic carbocycles. The molecule has 2 aliphatic rings. The van der Waals surface area contributed by atoms with Crippen LogP contribution in [0.5, 0.6) is 0 Å². The summed E-state index contributed by atoms with van der Waals surface area (Å²) in [6.45, 7) is 9.96. The first-order valence-electron chi connectivity index (χ1n) is 13.7. The van der Waals surface area contributed by atoms with Crippen LogP contribution in [-0.2, 0) is 22.4 Å². The molecule has 0 saturated carbocycles. The number of benzene rings is 3. The van der Waals surface area contributed by atoms with Crippen LogP contribution in [0.4, 0.5) is 11.4 Å². The molecular formula is C33H36N2O3. The van der Waals surface area contributed by atoms with Gasteiger partial charge >= 0.3 is 0 Å². The van der Waals surface area contributed by atoms with Crippen molar-refractivity contribution < 1.29 is 14.7 Å². The van der Waals surface area contributed by atoms with Gasteiger partial charge in [0.15, 0.2) is 0 Å². The Bertz CT molecular complexity index is 1400. The summed E-state index contributed by atoms with van der Waals surface area (Å²) in [6.07, 6.45) is 4.28. The van der Waals surface area contributed by atoms with Crippen LogP contribution >= 0.6 is 0 Å². The van der Waals surface area contributed by atoms with E-state index in [0.717, 1.165) is 54.7 Å². The molecule has 1 aliphatic carbocycles. The van der Waals surface area contributed by atoms with Crippen molar-refractivity contribution in [2.24, 2.45) is 0 Å². The van der Waals surface area contributed by atoms with Gasteiger partial charge in [-0.15, -0.1) is 0 Å². The third kappa shape index (κ3) is 4.62. The third-order valence-corrected chi connectivity index (χ3v) is 7.89. The third-order valence-electron chi connectivity index (χ3n) is 7.89. The van der Waals surface area contributed by atoms with Crippen molar-refractivity contribution in [2.75, 3.05) is 22.9 Å². The predicted molar refractivity (Wildman–Crippen MR) is 154 cm³/mol. The van der Waals surface area contributed by atoms with Crippen molar-refractivity contribution in [1.82, 2.24) is 0 Å². The molecule has 1 atom stereocenters. The Morgan fingerprint density at radius 2 is 1.50 bits per heavy atom. The molecule has 38 heavy (non-hydrogen) atoms. The first-order chi connectivity index (χ1) is 18.3. The zero-order chi connectivity index (χ0) is 27.0. The van der Waals surface area contributed by atoms with Crippen molar-refractivity contribution in [3.05, 3.63) is 99.6 Å². The quantitative estimate of drug-likeness (QED) is 0.230. The molecule has 0 radical (unpaired) electrons. The van der Waals surface area contributed by atoms with E-state index in [-0.39, 0.29) is 11.3 Å². The number of ketones is 1. The lowest BCUT2D eigenvalue weighted by Gasteiger charge is -2.27. The standard InChI is InChI=1S/C33H36N2O3/c1-5-34(6-2)27-15-13-24(14-16-27)30-29(31(36)26-12-11-23-9-7-8-10-25(23)20-26)32(37)33(38)35(30)28-18-21(3)17-22(4)19-28/h11-20,30,36H,5-10H2,1-4H3/b31-29-. The zero-order valence-corrected chi connectivity index (χ0v) is 22.8. The summed E-state index contributed by atoms with van der Waals surface area (Å²) in [4.78, 5) is 31.0. The molecule has 5 nitrogen and oxygen atoms in total. The van der Waals surface area contributed by atoms with Crippen molar-refractivity contribution in [3.8, 4) is 0 Å². The normalized spacial score (nSPS) is 18.5. The average Bonchev–Trinajstić information content (AvgIpc) is 3.18. The second-order valence-corrected chi connectivity index (χ2v) is 10.5. The van der Waals surface area contributed by atoms with E-state index in [2.05, 4.69) is 24.8 Å². The van der Waals surface area contributed by atoms with Crippen molar-refractivity contribution in [1.29, 1.82) is 0 Å². The van der Waals surface area contributed by atoms with Crippen LogP contribution in [0, 0.1) is 13.8 Å². The van der Waals surface area contributed by atoms with Gasteiger partial charge in [-0.3, -0.25) is 14.5 Å². The van der Waals surface area contributed by atoms with Crippen LogP contribution in [0.2, 0.25) is 0 Å². The van der Waals surface area contributed by atoms with Gasteiger partial charge in [0.05, 0.1) is 11.6 Å². The Hall–Kier alpha value is -3.86. The lowest BCUT2D eigenvalue weighted by molar-refractivity contribution is -0.132. The van der Waals surface area contributed by atoms with E-state index in [0.29, 0.717) is 11.3 Å². The number of nitrogens with zero attached hydrogens (tertiary/aromatic N) is 2. The maximum Gasteiger partial charge on any atom is 0.300 e. The highest BCUT2D eigenvalue weighted by Gasteiger charge is 2.47. The smallest absolute Gasteiger partial charge is 0.300 e. The summed E-state index contributed by atoms with van der Waals surface area (Å²) in [5.74, 6) is -1.38. The van der Waals surface area contributed by atoms with Crippen LogP contribution in [0.3, 0.4) is 0 Å². The Balaban J connectivity index is 1.68. The maximum atomic E-state index is 13.6. The Morgan fingerprint density at radius 3 is 2.13 bits per heavy atom. The largest absolute Gasteiger partial charge is 0.507 e. The van der Waals surface area contributed by atoms with Gasteiger partial charge in [-0.05, 0) is 112 Å². The predicted octanol–water partition coefficient (Wildman–Crippen LogP) is 6.65. The van der Waals surface area contributed by atoms with E-state index >= 15 is 0 Å². The Morgan fingerprint density at radius 1 is 0.868 bits per heavy atom. The molecular weight excluding hydrogens is 472 g/mol. The van der Waals surface area contributed by atoms with E-state index in [1.165, 1.54) is 17.5 Å². The minimum Gasteiger partial charge on any atom is -0.507 e. The Labute approximate surface area is 225 Å². The fourth-order valence-corrected chi connectivity index (χ4v) is 6.00. The highest BCUT2D eigenvalue weighted by molar-refractivity contribution is 6.51. The topological polar surface area (TPSA) is 60.9 Å². The van der Waals surface area contributed by atoms with E-state index in [1.54, 1.807) is 4.90 Å². The first kappa shape index (κ1) is 25.8. The van der Waals surface area contributed by atoms with Crippen molar-refractivity contribution in [2.45, 2.75) is 59.4 Å². The molecule has 1 heterocycles. The highest BCUT2D eigenvalue weighted by Crippen LogP contribution is 2.43. The van der Waals surface area contributed by atoms with Gasteiger partial charge in [-0.25, -0.2) is 0 Å². The van der Waals surface area contributed by atoms with Gasteiger partial charge in [0.25, 0.3) is 11.7 Å². The molecule has 1 unspecified atom stereocenters. The molecule has 5 rings (SSSR count). The van der Waals surface area contributed by atoms with Gasteiger partial charge in [-0.1, -0.05) is 30.3 Å².